The molecular weight excluding hydrogens is 300 g/mol. The SMILES string of the molecule is Cc1cc2nc(-c3ccc(C)c(NC(=O)C(C)C)c3)oc2cc1C. The highest BCUT2D eigenvalue weighted by molar-refractivity contribution is 5.93. The summed E-state index contributed by atoms with van der Waals surface area (Å²) in [6.45, 7) is 9.84. The Balaban J connectivity index is 2.02. The van der Waals surface area contributed by atoms with Crippen LogP contribution in [0.4, 0.5) is 5.69 Å². The average molecular weight is 322 g/mol. The number of nitrogens with one attached hydrogen (secondary N) is 1. The van der Waals surface area contributed by atoms with Crippen LogP contribution in [0.3, 0.4) is 0 Å². The van der Waals surface area contributed by atoms with Crippen LogP contribution in [0.1, 0.15) is 30.5 Å². The van der Waals surface area contributed by atoms with Gasteiger partial charge < -0.3 is 9.73 Å². The summed E-state index contributed by atoms with van der Waals surface area (Å²) in [6.07, 6.45) is 0. The van der Waals surface area contributed by atoms with E-state index in [-0.39, 0.29) is 11.8 Å². The first-order valence-corrected chi connectivity index (χ1v) is 8.15. The van der Waals surface area contributed by atoms with E-state index in [0.29, 0.717) is 5.89 Å². The minimum atomic E-state index is -0.0664. The normalized spacial score (nSPS) is 11.2. The van der Waals surface area contributed by atoms with E-state index in [1.807, 2.05) is 51.1 Å². The molecule has 2 aromatic carbocycles. The second-order valence-electron chi connectivity index (χ2n) is 6.60. The van der Waals surface area contributed by atoms with E-state index < -0.39 is 0 Å². The van der Waals surface area contributed by atoms with Gasteiger partial charge in [0.2, 0.25) is 11.8 Å². The van der Waals surface area contributed by atoms with Gasteiger partial charge in [0.1, 0.15) is 5.52 Å². The molecule has 0 radical (unpaired) electrons. The van der Waals surface area contributed by atoms with Crippen LogP contribution in [0.25, 0.3) is 22.6 Å². The lowest BCUT2D eigenvalue weighted by Gasteiger charge is -2.11. The first-order valence-electron chi connectivity index (χ1n) is 8.15. The van der Waals surface area contributed by atoms with Gasteiger partial charge in [-0.05, 0) is 61.7 Å². The van der Waals surface area contributed by atoms with Gasteiger partial charge in [0.15, 0.2) is 5.58 Å². The van der Waals surface area contributed by atoms with Crippen molar-refractivity contribution in [3.8, 4) is 11.5 Å². The summed E-state index contributed by atoms with van der Waals surface area (Å²) in [6, 6.07) is 9.89. The number of rotatable bonds is 3. The number of hydrogen-bond donors (Lipinski definition) is 1. The van der Waals surface area contributed by atoms with Crippen LogP contribution in [-0.4, -0.2) is 10.9 Å². The van der Waals surface area contributed by atoms with Crippen molar-refractivity contribution >= 4 is 22.7 Å². The standard InChI is InChI=1S/C20H22N2O2/c1-11(2)19(23)21-16-10-15(7-6-12(16)3)20-22-17-8-13(4)14(5)9-18(17)24-20/h6-11H,1-5H3,(H,21,23). The van der Waals surface area contributed by atoms with Crippen LogP contribution < -0.4 is 5.32 Å². The molecule has 4 nitrogen and oxygen atoms in total. The third kappa shape index (κ3) is 3.04. The molecule has 3 rings (SSSR count). The maximum Gasteiger partial charge on any atom is 0.227 e. The number of carbonyl (C=O) groups excluding carboxylic acids is 1. The number of oxazole rings is 1. The average Bonchev–Trinajstić information content (AvgIpc) is 2.92. The molecule has 1 N–H and O–H groups in total. The van der Waals surface area contributed by atoms with E-state index in [1.165, 1.54) is 11.1 Å². The number of fused-ring (bicyclic) bond motifs is 1. The topological polar surface area (TPSA) is 55.1 Å². The van der Waals surface area contributed by atoms with E-state index in [0.717, 1.165) is 27.9 Å². The summed E-state index contributed by atoms with van der Waals surface area (Å²) in [5.74, 6) is 0.498. The molecule has 124 valence electrons. The van der Waals surface area contributed by atoms with Crippen molar-refractivity contribution in [3.63, 3.8) is 0 Å². The summed E-state index contributed by atoms with van der Waals surface area (Å²) < 4.78 is 5.91. The van der Waals surface area contributed by atoms with E-state index in [2.05, 4.69) is 24.1 Å². The number of anilines is 1. The summed E-state index contributed by atoms with van der Waals surface area (Å²) in [5, 5.41) is 2.96. The Hall–Kier alpha value is -2.62. The van der Waals surface area contributed by atoms with Crippen molar-refractivity contribution in [2.45, 2.75) is 34.6 Å². The smallest absolute Gasteiger partial charge is 0.227 e. The Labute approximate surface area is 141 Å². The van der Waals surface area contributed by atoms with Crippen molar-refractivity contribution in [1.82, 2.24) is 4.98 Å². The van der Waals surface area contributed by atoms with Gasteiger partial charge in [-0.2, -0.15) is 0 Å². The van der Waals surface area contributed by atoms with Gasteiger partial charge in [0.05, 0.1) is 0 Å². The minimum Gasteiger partial charge on any atom is -0.436 e. The predicted molar refractivity (Wildman–Crippen MR) is 97.1 cm³/mol. The molecule has 0 aliphatic carbocycles. The molecule has 0 spiro atoms. The summed E-state index contributed by atoms with van der Waals surface area (Å²) in [4.78, 5) is 16.6. The third-order valence-corrected chi connectivity index (χ3v) is 4.27. The van der Waals surface area contributed by atoms with Crippen molar-refractivity contribution in [1.29, 1.82) is 0 Å². The monoisotopic (exact) mass is 322 g/mol. The Morgan fingerprint density at radius 3 is 2.46 bits per heavy atom. The number of amides is 1. The van der Waals surface area contributed by atoms with Crippen molar-refractivity contribution in [2.75, 3.05) is 5.32 Å². The number of aryl methyl sites for hydroxylation is 3. The van der Waals surface area contributed by atoms with E-state index >= 15 is 0 Å². The van der Waals surface area contributed by atoms with Crippen LogP contribution >= 0.6 is 0 Å². The maximum atomic E-state index is 12.0. The lowest BCUT2D eigenvalue weighted by atomic mass is 10.1. The minimum absolute atomic E-state index is 0.000866. The first kappa shape index (κ1) is 16.2. The van der Waals surface area contributed by atoms with E-state index in [9.17, 15) is 4.79 Å². The van der Waals surface area contributed by atoms with Gasteiger partial charge in [-0.25, -0.2) is 4.98 Å². The highest BCUT2D eigenvalue weighted by Gasteiger charge is 2.13. The molecule has 0 unspecified atom stereocenters. The van der Waals surface area contributed by atoms with Crippen molar-refractivity contribution in [3.05, 3.63) is 47.0 Å². The number of aromatic nitrogens is 1. The van der Waals surface area contributed by atoms with Crippen molar-refractivity contribution < 1.29 is 9.21 Å². The lowest BCUT2D eigenvalue weighted by Crippen LogP contribution is -2.18. The molecule has 0 bridgehead atoms. The van der Waals surface area contributed by atoms with Crippen molar-refractivity contribution in [2.24, 2.45) is 5.92 Å². The summed E-state index contributed by atoms with van der Waals surface area (Å²) in [5.41, 5.74) is 6.65. The zero-order valence-electron chi connectivity index (χ0n) is 14.7. The number of nitrogens with zero attached hydrogens (tertiary/aromatic N) is 1. The molecule has 1 amide bonds. The molecule has 0 saturated heterocycles. The molecule has 0 aliphatic rings. The summed E-state index contributed by atoms with van der Waals surface area (Å²) in [7, 11) is 0. The fraction of sp³-hybridized carbons (Fsp3) is 0.300. The van der Waals surface area contributed by atoms with Crippen LogP contribution in [-0.2, 0) is 4.79 Å². The molecule has 0 fully saturated rings. The lowest BCUT2D eigenvalue weighted by molar-refractivity contribution is -0.118. The zero-order valence-corrected chi connectivity index (χ0v) is 14.7. The van der Waals surface area contributed by atoms with Gasteiger partial charge in [-0.3, -0.25) is 4.79 Å². The predicted octanol–water partition coefficient (Wildman–Crippen LogP) is 5.01. The number of carbonyl (C=O) groups is 1. The molecule has 1 aromatic heterocycles. The Morgan fingerprint density at radius 2 is 1.75 bits per heavy atom. The van der Waals surface area contributed by atoms with Crippen LogP contribution in [0.5, 0.6) is 0 Å². The molecule has 4 heteroatoms. The van der Waals surface area contributed by atoms with Gasteiger partial charge in [-0.15, -0.1) is 0 Å². The number of benzene rings is 2. The molecule has 3 aromatic rings. The molecule has 1 heterocycles. The Morgan fingerprint density at radius 1 is 1.04 bits per heavy atom. The first-order chi connectivity index (χ1) is 11.3. The molecule has 0 atom stereocenters. The Bertz CT molecular complexity index is 884. The van der Waals surface area contributed by atoms with Crippen LogP contribution in [0, 0.1) is 26.7 Å². The van der Waals surface area contributed by atoms with E-state index in [1.54, 1.807) is 0 Å². The highest BCUT2D eigenvalue weighted by atomic mass is 16.3. The Kier molecular flexibility index (Phi) is 4.14. The molecule has 0 aliphatic heterocycles. The quantitative estimate of drug-likeness (QED) is 0.737. The molecule has 24 heavy (non-hydrogen) atoms. The molecular formula is C20H22N2O2. The van der Waals surface area contributed by atoms with Crippen LogP contribution in [0.15, 0.2) is 34.7 Å². The van der Waals surface area contributed by atoms with Gasteiger partial charge >= 0.3 is 0 Å². The molecule has 0 saturated carbocycles. The van der Waals surface area contributed by atoms with Gasteiger partial charge in [0, 0.05) is 17.2 Å². The van der Waals surface area contributed by atoms with Crippen LogP contribution in [0.2, 0.25) is 0 Å². The highest BCUT2D eigenvalue weighted by Crippen LogP contribution is 2.29. The third-order valence-electron chi connectivity index (χ3n) is 4.27. The number of hydrogen-bond acceptors (Lipinski definition) is 3. The second-order valence-corrected chi connectivity index (χ2v) is 6.60. The summed E-state index contributed by atoms with van der Waals surface area (Å²) >= 11 is 0. The largest absolute Gasteiger partial charge is 0.436 e. The fourth-order valence-electron chi connectivity index (χ4n) is 2.47. The maximum absolute atomic E-state index is 12.0. The van der Waals surface area contributed by atoms with Gasteiger partial charge in [-0.1, -0.05) is 19.9 Å². The fourth-order valence-corrected chi connectivity index (χ4v) is 2.47. The van der Waals surface area contributed by atoms with E-state index in [4.69, 9.17) is 4.42 Å². The second kappa shape index (κ2) is 6.11. The van der Waals surface area contributed by atoms with Gasteiger partial charge in [0.25, 0.3) is 0 Å². The zero-order chi connectivity index (χ0) is 17.4.